The molecular weight excluding hydrogens is 430 g/mol. The Kier molecular flexibility index (Phi) is 4.75. The average Bonchev–Trinajstić information content (AvgIpc) is 3.15. The summed E-state index contributed by atoms with van der Waals surface area (Å²) in [5.74, 6) is -0.0988. The lowest BCUT2D eigenvalue weighted by molar-refractivity contribution is 0.0950. The van der Waals surface area contributed by atoms with E-state index >= 15 is 0 Å². The molecule has 0 saturated carbocycles. The predicted octanol–water partition coefficient (Wildman–Crippen LogP) is 4.39. The van der Waals surface area contributed by atoms with Crippen LogP contribution in [0.4, 0.5) is 0 Å². The molecule has 1 amide bonds. The highest BCUT2D eigenvalue weighted by molar-refractivity contribution is 9.12. The number of amides is 1. The van der Waals surface area contributed by atoms with Crippen LogP contribution in [0.5, 0.6) is 0 Å². The van der Waals surface area contributed by atoms with E-state index in [1.165, 1.54) is 11.3 Å². The number of carbonyl (C=O) groups is 1. The van der Waals surface area contributed by atoms with Crippen LogP contribution in [-0.2, 0) is 6.54 Å². The number of rotatable bonds is 4. The molecule has 3 rings (SSSR count). The van der Waals surface area contributed by atoms with E-state index in [0.717, 1.165) is 18.8 Å². The van der Waals surface area contributed by atoms with E-state index < -0.39 is 0 Å². The van der Waals surface area contributed by atoms with Gasteiger partial charge in [0.15, 0.2) is 0 Å². The van der Waals surface area contributed by atoms with Crippen molar-refractivity contribution in [2.45, 2.75) is 6.54 Å². The number of aromatic nitrogens is 2. The van der Waals surface area contributed by atoms with Gasteiger partial charge >= 0.3 is 0 Å². The zero-order valence-corrected chi connectivity index (χ0v) is 15.3. The van der Waals surface area contributed by atoms with Gasteiger partial charge in [0.25, 0.3) is 5.91 Å². The maximum Gasteiger partial charge on any atom is 0.253 e. The van der Waals surface area contributed by atoms with Gasteiger partial charge in [-0.25, -0.2) is 4.68 Å². The molecular formula is C15H11Br2N3OS. The third-order valence-electron chi connectivity index (χ3n) is 3.03. The van der Waals surface area contributed by atoms with Gasteiger partial charge in [0, 0.05) is 18.9 Å². The molecule has 0 aliphatic rings. The maximum atomic E-state index is 12.2. The highest BCUT2D eigenvalue weighted by atomic mass is 79.9. The highest BCUT2D eigenvalue weighted by Crippen LogP contribution is 2.31. The lowest BCUT2D eigenvalue weighted by atomic mass is 10.2. The molecule has 0 atom stereocenters. The first kappa shape index (κ1) is 15.5. The zero-order valence-electron chi connectivity index (χ0n) is 11.3. The smallest absolute Gasteiger partial charge is 0.253 e. The molecule has 2 aromatic heterocycles. The number of benzene rings is 1. The van der Waals surface area contributed by atoms with Gasteiger partial charge in [-0.3, -0.25) is 4.79 Å². The average molecular weight is 441 g/mol. The lowest BCUT2D eigenvalue weighted by Crippen LogP contribution is -2.22. The van der Waals surface area contributed by atoms with Crippen molar-refractivity contribution in [2.75, 3.05) is 0 Å². The largest absolute Gasteiger partial charge is 0.348 e. The van der Waals surface area contributed by atoms with Gasteiger partial charge in [-0.2, -0.15) is 5.10 Å². The lowest BCUT2D eigenvalue weighted by Gasteiger charge is -2.07. The minimum atomic E-state index is -0.0988. The molecule has 112 valence electrons. The molecule has 4 nitrogen and oxygen atoms in total. The van der Waals surface area contributed by atoms with E-state index in [-0.39, 0.29) is 5.91 Å². The Morgan fingerprint density at radius 3 is 2.82 bits per heavy atom. The summed E-state index contributed by atoms with van der Waals surface area (Å²) >= 11 is 8.26. The van der Waals surface area contributed by atoms with Gasteiger partial charge < -0.3 is 5.32 Å². The second-order valence-electron chi connectivity index (χ2n) is 4.54. The van der Waals surface area contributed by atoms with Crippen molar-refractivity contribution in [1.29, 1.82) is 0 Å². The second-order valence-corrected chi connectivity index (χ2v) is 8.29. The Balaban J connectivity index is 1.70. The Morgan fingerprint density at radius 2 is 2.14 bits per heavy atom. The van der Waals surface area contributed by atoms with Crippen LogP contribution in [0.2, 0.25) is 0 Å². The number of carbonyl (C=O) groups excluding carboxylic acids is 1. The van der Waals surface area contributed by atoms with Gasteiger partial charge in [-0.1, -0.05) is 12.1 Å². The van der Waals surface area contributed by atoms with Gasteiger partial charge in [0.05, 0.1) is 18.8 Å². The Morgan fingerprint density at radius 1 is 1.27 bits per heavy atom. The first-order valence-corrected chi connectivity index (χ1v) is 8.86. The molecule has 0 spiro atoms. The topological polar surface area (TPSA) is 46.9 Å². The van der Waals surface area contributed by atoms with Crippen LogP contribution < -0.4 is 5.32 Å². The number of halogens is 2. The van der Waals surface area contributed by atoms with Crippen LogP contribution in [-0.4, -0.2) is 15.7 Å². The van der Waals surface area contributed by atoms with Crippen molar-refractivity contribution in [3.63, 3.8) is 0 Å². The van der Waals surface area contributed by atoms with E-state index in [4.69, 9.17) is 0 Å². The molecule has 2 heterocycles. The summed E-state index contributed by atoms with van der Waals surface area (Å²) in [5, 5.41) is 7.13. The van der Waals surface area contributed by atoms with Crippen molar-refractivity contribution >= 4 is 49.1 Å². The molecule has 0 bridgehead atoms. The van der Waals surface area contributed by atoms with Crippen LogP contribution >= 0.6 is 43.2 Å². The Labute approximate surface area is 148 Å². The zero-order chi connectivity index (χ0) is 15.5. The molecule has 0 aliphatic heterocycles. The number of thiophene rings is 1. The van der Waals surface area contributed by atoms with E-state index in [9.17, 15) is 4.79 Å². The SMILES string of the molecule is O=C(NCc1cccc(-n2cccn2)c1)c1cc(Br)sc1Br. The van der Waals surface area contributed by atoms with Gasteiger partial charge in [-0.15, -0.1) is 11.3 Å². The fraction of sp³-hybridized carbons (Fsp3) is 0.0667. The van der Waals surface area contributed by atoms with Crippen molar-refractivity contribution in [2.24, 2.45) is 0 Å². The standard InChI is InChI=1S/C15H11Br2N3OS/c16-13-8-12(14(17)22-13)15(21)18-9-10-3-1-4-11(7-10)20-6-2-5-19-20/h1-8H,9H2,(H,18,21). The van der Waals surface area contributed by atoms with Crippen molar-refractivity contribution in [3.05, 3.63) is 67.5 Å². The Hall–Kier alpha value is -1.44. The number of hydrogen-bond acceptors (Lipinski definition) is 3. The van der Waals surface area contributed by atoms with Crippen LogP contribution in [0.3, 0.4) is 0 Å². The second kappa shape index (κ2) is 6.76. The fourth-order valence-electron chi connectivity index (χ4n) is 2.00. The maximum absolute atomic E-state index is 12.2. The van der Waals surface area contributed by atoms with Crippen molar-refractivity contribution in [1.82, 2.24) is 15.1 Å². The number of hydrogen-bond donors (Lipinski definition) is 1. The summed E-state index contributed by atoms with van der Waals surface area (Å²) in [4.78, 5) is 12.2. The quantitative estimate of drug-likeness (QED) is 0.653. The Bertz CT molecular complexity index is 799. The monoisotopic (exact) mass is 439 g/mol. The molecule has 7 heteroatoms. The molecule has 3 aromatic rings. The van der Waals surface area contributed by atoms with E-state index in [0.29, 0.717) is 12.1 Å². The molecule has 0 fully saturated rings. The van der Waals surface area contributed by atoms with Crippen LogP contribution in [0.25, 0.3) is 5.69 Å². The molecule has 1 N–H and O–H groups in total. The molecule has 0 aliphatic carbocycles. The third-order valence-corrected chi connectivity index (χ3v) is 5.37. The summed E-state index contributed by atoms with van der Waals surface area (Å²) in [6, 6.07) is 11.6. The van der Waals surface area contributed by atoms with Gasteiger partial charge in [0.1, 0.15) is 0 Å². The first-order chi connectivity index (χ1) is 10.6. The van der Waals surface area contributed by atoms with Gasteiger partial charge in [0.2, 0.25) is 0 Å². The van der Waals surface area contributed by atoms with Crippen molar-refractivity contribution < 1.29 is 4.79 Å². The first-order valence-electron chi connectivity index (χ1n) is 6.45. The summed E-state index contributed by atoms with van der Waals surface area (Å²) in [6.07, 6.45) is 3.62. The minimum Gasteiger partial charge on any atom is -0.348 e. The minimum absolute atomic E-state index is 0.0988. The summed E-state index contributed by atoms with van der Waals surface area (Å²) < 4.78 is 3.53. The number of nitrogens with one attached hydrogen (secondary N) is 1. The summed E-state index contributed by atoms with van der Waals surface area (Å²) in [6.45, 7) is 0.466. The number of nitrogens with zero attached hydrogens (tertiary/aromatic N) is 2. The van der Waals surface area contributed by atoms with Gasteiger partial charge in [-0.05, 0) is 61.7 Å². The highest BCUT2D eigenvalue weighted by Gasteiger charge is 2.13. The van der Waals surface area contributed by atoms with Crippen LogP contribution in [0, 0.1) is 0 Å². The normalized spacial score (nSPS) is 10.6. The van der Waals surface area contributed by atoms with E-state index in [1.807, 2.05) is 42.6 Å². The van der Waals surface area contributed by atoms with E-state index in [1.54, 1.807) is 10.9 Å². The molecule has 0 saturated heterocycles. The third kappa shape index (κ3) is 3.48. The van der Waals surface area contributed by atoms with E-state index in [2.05, 4.69) is 42.3 Å². The summed E-state index contributed by atoms with van der Waals surface area (Å²) in [7, 11) is 0. The van der Waals surface area contributed by atoms with Crippen LogP contribution in [0.1, 0.15) is 15.9 Å². The fourth-order valence-corrected chi connectivity index (χ4v) is 4.80. The summed E-state index contributed by atoms with van der Waals surface area (Å²) in [5.41, 5.74) is 2.63. The van der Waals surface area contributed by atoms with Crippen LogP contribution in [0.15, 0.2) is 56.4 Å². The molecule has 1 aromatic carbocycles. The predicted molar refractivity (Wildman–Crippen MR) is 94.5 cm³/mol. The molecule has 0 unspecified atom stereocenters. The van der Waals surface area contributed by atoms with Crippen molar-refractivity contribution in [3.8, 4) is 5.69 Å². The molecule has 22 heavy (non-hydrogen) atoms. The molecule has 0 radical (unpaired) electrons.